The van der Waals surface area contributed by atoms with Crippen LogP contribution in [0.1, 0.15) is 31.4 Å². The van der Waals surface area contributed by atoms with Gasteiger partial charge in [-0.15, -0.1) is 0 Å². The minimum atomic E-state index is -0.748. The highest BCUT2D eigenvalue weighted by molar-refractivity contribution is 6.39. The van der Waals surface area contributed by atoms with E-state index in [0.717, 1.165) is 17.5 Å². The van der Waals surface area contributed by atoms with Crippen molar-refractivity contribution in [3.8, 4) is 0 Å². The number of nitrogens with one attached hydrogen (secondary N) is 2. The average molecular weight is 305 g/mol. The van der Waals surface area contributed by atoms with Crippen LogP contribution in [-0.4, -0.2) is 35.1 Å². The first-order chi connectivity index (χ1) is 10.2. The summed E-state index contributed by atoms with van der Waals surface area (Å²) < 4.78 is 0. The van der Waals surface area contributed by atoms with Gasteiger partial charge in [0, 0.05) is 18.2 Å². The number of hydrogen-bond acceptors (Lipinski definition) is 4. The molecule has 0 radical (unpaired) electrons. The van der Waals surface area contributed by atoms with Gasteiger partial charge in [0.2, 0.25) is 0 Å². The second-order valence-corrected chi connectivity index (χ2v) is 6.79. The smallest absolute Gasteiger partial charge is 0.314 e. The summed E-state index contributed by atoms with van der Waals surface area (Å²) in [5.41, 5.74) is 1.68. The van der Waals surface area contributed by atoms with Gasteiger partial charge in [0.1, 0.15) is 5.82 Å². The molecule has 1 saturated carbocycles. The molecule has 1 aromatic heterocycles. The fourth-order valence-electron chi connectivity index (χ4n) is 2.62. The molecule has 22 heavy (non-hydrogen) atoms. The van der Waals surface area contributed by atoms with E-state index in [1.807, 2.05) is 27.7 Å². The molecule has 1 heterocycles. The second-order valence-electron chi connectivity index (χ2n) is 6.79. The van der Waals surface area contributed by atoms with E-state index < -0.39 is 11.8 Å². The summed E-state index contributed by atoms with van der Waals surface area (Å²) in [6.07, 6.45) is 2.48. The molecule has 1 aromatic rings. The van der Waals surface area contributed by atoms with Gasteiger partial charge in [-0.25, -0.2) is 4.98 Å². The van der Waals surface area contributed by atoms with Crippen molar-refractivity contribution in [1.29, 1.82) is 0 Å². The minimum Gasteiger partial charge on any atom is -0.396 e. The quantitative estimate of drug-likeness (QED) is 0.728. The van der Waals surface area contributed by atoms with E-state index in [4.69, 9.17) is 0 Å². The van der Waals surface area contributed by atoms with Crippen LogP contribution in [0.25, 0.3) is 0 Å². The molecule has 1 unspecified atom stereocenters. The van der Waals surface area contributed by atoms with Crippen LogP contribution < -0.4 is 10.6 Å². The topological polar surface area (TPSA) is 91.3 Å². The number of hydrogen-bond donors (Lipinski definition) is 3. The lowest BCUT2D eigenvalue weighted by molar-refractivity contribution is -0.136. The minimum absolute atomic E-state index is 0.000607. The van der Waals surface area contributed by atoms with Gasteiger partial charge in [0.25, 0.3) is 0 Å². The highest BCUT2D eigenvalue weighted by Gasteiger charge is 2.60. The van der Waals surface area contributed by atoms with Crippen molar-refractivity contribution in [3.05, 3.63) is 23.4 Å². The number of nitrogens with zero attached hydrogens (tertiary/aromatic N) is 1. The largest absolute Gasteiger partial charge is 0.396 e. The first kappa shape index (κ1) is 16.4. The number of carbonyl (C=O) groups is 2. The van der Waals surface area contributed by atoms with Gasteiger partial charge in [-0.3, -0.25) is 9.59 Å². The summed E-state index contributed by atoms with van der Waals surface area (Å²) in [6, 6.07) is 1.72. The third-order valence-corrected chi connectivity index (χ3v) is 4.80. The van der Waals surface area contributed by atoms with E-state index in [-0.39, 0.29) is 17.4 Å². The molecular weight excluding hydrogens is 282 g/mol. The summed E-state index contributed by atoms with van der Waals surface area (Å²) >= 11 is 0. The molecule has 2 rings (SSSR count). The van der Waals surface area contributed by atoms with Crippen molar-refractivity contribution >= 4 is 17.6 Å². The number of aromatic nitrogens is 1. The molecule has 1 aliphatic rings. The monoisotopic (exact) mass is 305 g/mol. The molecule has 0 aromatic carbocycles. The molecule has 0 bridgehead atoms. The fraction of sp³-hybridized carbons (Fsp3) is 0.562. The van der Waals surface area contributed by atoms with Crippen LogP contribution in [0.5, 0.6) is 0 Å². The summed E-state index contributed by atoms with van der Waals surface area (Å²) in [6.45, 7) is 8.20. The molecular formula is C16H23N3O3. The zero-order valence-electron chi connectivity index (χ0n) is 13.5. The Balaban J connectivity index is 1.90. The Hall–Kier alpha value is -1.95. The lowest BCUT2D eigenvalue weighted by Gasteiger charge is -2.18. The Morgan fingerprint density at radius 1 is 1.27 bits per heavy atom. The van der Waals surface area contributed by atoms with Crippen LogP contribution in [-0.2, 0) is 9.59 Å². The number of aliphatic hydroxyl groups excluding tert-OH is 1. The van der Waals surface area contributed by atoms with Crippen LogP contribution in [0.15, 0.2) is 12.3 Å². The molecule has 0 saturated heterocycles. The number of amides is 2. The molecule has 6 nitrogen and oxygen atoms in total. The van der Waals surface area contributed by atoms with Crippen LogP contribution >= 0.6 is 0 Å². The highest BCUT2D eigenvalue weighted by Crippen LogP contribution is 2.62. The first-order valence-electron chi connectivity index (χ1n) is 7.34. The van der Waals surface area contributed by atoms with Crippen molar-refractivity contribution in [2.24, 2.45) is 10.8 Å². The molecule has 6 heteroatoms. The third kappa shape index (κ3) is 3.11. The predicted molar refractivity (Wildman–Crippen MR) is 83.3 cm³/mol. The normalized spacial score (nSPS) is 22.0. The summed E-state index contributed by atoms with van der Waals surface area (Å²) in [7, 11) is 0. The lowest BCUT2D eigenvalue weighted by Crippen LogP contribution is -2.40. The zero-order chi connectivity index (χ0) is 16.5. The Morgan fingerprint density at radius 2 is 1.91 bits per heavy atom. The molecule has 2 amide bonds. The Bertz CT molecular complexity index is 613. The molecule has 0 aliphatic heterocycles. The van der Waals surface area contributed by atoms with Crippen LogP contribution in [0.2, 0.25) is 0 Å². The van der Waals surface area contributed by atoms with Gasteiger partial charge in [0.15, 0.2) is 0 Å². The van der Waals surface area contributed by atoms with Gasteiger partial charge in [-0.05, 0) is 42.9 Å². The van der Waals surface area contributed by atoms with Gasteiger partial charge in [-0.2, -0.15) is 0 Å². The lowest BCUT2D eigenvalue weighted by atomic mass is 9.97. The standard InChI is InChI=1S/C16H23N3O3/c1-10-5-12(17-6-11(10)2)19-14(22)13(21)18-8-16(9-20)7-15(16,3)4/h5-6,20H,7-9H2,1-4H3,(H,18,21)(H,17,19,22). The summed E-state index contributed by atoms with van der Waals surface area (Å²) in [5.74, 6) is -1.11. The molecule has 120 valence electrons. The third-order valence-electron chi connectivity index (χ3n) is 4.80. The Morgan fingerprint density at radius 3 is 2.41 bits per heavy atom. The fourth-order valence-corrected chi connectivity index (χ4v) is 2.62. The Labute approximate surface area is 130 Å². The number of aliphatic hydroxyl groups is 1. The molecule has 1 aliphatic carbocycles. The van der Waals surface area contributed by atoms with E-state index in [0.29, 0.717) is 12.4 Å². The maximum Gasteiger partial charge on any atom is 0.314 e. The van der Waals surface area contributed by atoms with Crippen molar-refractivity contribution in [2.45, 2.75) is 34.1 Å². The predicted octanol–water partition coefficient (Wildman–Crippen LogP) is 1.16. The second kappa shape index (κ2) is 5.68. The van der Waals surface area contributed by atoms with Crippen LogP contribution in [0.3, 0.4) is 0 Å². The number of carbonyl (C=O) groups excluding carboxylic acids is 2. The van der Waals surface area contributed by atoms with Crippen molar-refractivity contribution < 1.29 is 14.7 Å². The maximum absolute atomic E-state index is 11.9. The molecule has 3 N–H and O–H groups in total. The van der Waals surface area contributed by atoms with Gasteiger partial charge >= 0.3 is 11.8 Å². The number of rotatable bonds is 4. The van der Waals surface area contributed by atoms with Gasteiger partial charge in [-0.1, -0.05) is 13.8 Å². The molecule has 1 atom stereocenters. The van der Waals surface area contributed by atoms with E-state index in [1.54, 1.807) is 12.3 Å². The first-order valence-corrected chi connectivity index (χ1v) is 7.34. The SMILES string of the molecule is Cc1cnc(NC(=O)C(=O)NCC2(CO)CC2(C)C)cc1C. The van der Waals surface area contributed by atoms with E-state index in [2.05, 4.69) is 15.6 Å². The van der Waals surface area contributed by atoms with Crippen molar-refractivity contribution in [3.63, 3.8) is 0 Å². The van der Waals surface area contributed by atoms with Crippen molar-refractivity contribution in [2.75, 3.05) is 18.5 Å². The summed E-state index contributed by atoms with van der Waals surface area (Å²) in [5, 5.41) is 14.6. The number of pyridine rings is 1. The molecule has 0 spiro atoms. The van der Waals surface area contributed by atoms with Crippen LogP contribution in [0.4, 0.5) is 5.82 Å². The van der Waals surface area contributed by atoms with E-state index in [1.165, 1.54) is 0 Å². The van der Waals surface area contributed by atoms with Gasteiger partial charge < -0.3 is 15.7 Å². The number of anilines is 1. The molecule has 1 fully saturated rings. The highest BCUT2D eigenvalue weighted by atomic mass is 16.3. The van der Waals surface area contributed by atoms with Crippen molar-refractivity contribution in [1.82, 2.24) is 10.3 Å². The Kier molecular flexibility index (Phi) is 4.24. The van der Waals surface area contributed by atoms with Crippen LogP contribution in [0, 0.1) is 24.7 Å². The number of aryl methyl sites for hydroxylation is 2. The zero-order valence-corrected chi connectivity index (χ0v) is 13.5. The maximum atomic E-state index is 11.9. The van der Waals surface area contributed by atoms with E-state index in [9.17, 15) is 14.7 Å². The summed E-state index contributed by atoms with van der Waals surface area (Å²) in [4.78, 5) is 27.8. The van der Waals surface area contributed by atoms with E-state index >= 15 is 0 Å². The average Bonchev–Trinajstić information content (AvgIpc) is 3.02. The van der Waals surface area contributed by atoms with Gasteiger partial charge in [0.05, 0.1) is 6.61 Å².